The van der Waals surface area contributed by atoms with E-state index in [0.29, 0.717) is 31.5 Å². The number of hydrogen-bond acceptors (Lipinski definition) is 3. The Balaban J connectivity index is 1.81. The standard InChI is InChI=1S/C16H19F3N2O4/c17-16(18,19)25-13-4-2-1-3-11(13)5-8-20-15(24)21-9-6-12(7-10-21)14(22)23/h1-4,12H,5-10H2,(H,20,24)(H,22,23). The van der Waals surface area contributed by atoms with Crippen LogP contribution in [0.15, 0.2) is 24.3 Å². The molecule has 0 bridgehead atoms. The molecule has 0 saturated carbocycles. The number of piperidine rings is 1. The minimum Gasteiger partial charge on any atom is -0.481 e. The summed E-state index contributed by atoms with van der Waals surface area (Å²) in [5.41, 5.74) is 0.338. The number of halogens is 3. The van der Waals surface area contributed by atoms with Crippen LogP contribution in [0.4, 0.5) is 18.0 Å². The average molecular weight is 360 g/mol. The van der Waals surface area contributed by atoms with Crippen LogP contribution in [0.2, 0.25) is 0 Å². The Morgan fingerprint density at radius 1 is 1.24 bits per heavy atom. The van der Waals surface area contributed by atoms with Crippen LogP contribution < -0.4 is 10.1 Å². The van der Waals surface area contributed by atoms with Gasteiger partial charge >= 0.3 is 18.4 Å². The second-order valence-electron chi connectivity index (χ2n) is 5.74. The third-order valence-corrected chi connectivity index (χ3v) is 4.00. The van der Waals surface area contributed by atoms with Gasteiger partial charge in [0.25, 0.3) is 0 Å². The second kappa shape index (κ2) is 8.09. The van der Waals surface area contributed by atoms with Crippen LogP contribution in [0.5, 0.6) is 5.75 Å². The Kier molecular flexibility index (Phi) is 6.11. The number of alkyl halides is 3. The van der Waals surface area contributed by atoms with Crippen molar-refractivity contribution < 1.29 is 32.6 Å². The number of amides is 2. The predicted molar refractivity (Wildman–Crippen MR) is 82.2 cm³/mol. The van der Waals surface area contributed by atoms with Gasteiger partial charge in [-0.1, -0.05) is 18.2 Å². The third-order valence-electron chi connectivity index (χ3n) is 4.00. The van der Waals surface area contributed by atoms with Gasteiger partial charge in [-0.15, -0.1) is 13.2 Å². The van der Waals surface area contributed by atoms with E-state index in [2.05, 4.69) is 10.1 Å². The highest BCUT2D eigenvalue weighted by Gasteiger charge is 2.32. The van der Waals surface area contributed by atoms with Gasteiger partial charge in [-0.25, -0.2) is 4.79 Å². The van der Waals surface area contributed by atoms with Crippen molar-refractivity contribution in [1.29, 1.82) is 0 Å². The van der Waals surface area contributed by atoms with Gasteiger partial charge in [-0.3, -0.25) is 4.79 Å². The number of carboxylic acid groups (broad SMARTS) is 1. The molecule has 2 rings (SSSR count). The molecule has 9 heteroatoms. The van der Waals surface area contributed by atoms with E-state index in [-0.39, 0.29) is 24.7 Å². The Bertz CT molecular complexity index is 614. The molecule has 2 N–H and O–H groups in total. The highest BCUT2D eigenvalue weighted by Crippen LogP contribution is 2.26. The fraction of sp³-hybridized carbons (Fsp3) is 0.500. The van der Waals surface area contributed by atoms with Gasteiger partial charge in [0.05, 0.1) is 5.92 Å². The molecule has 0 radical (unpaired) electrons. The summed E-state index contributed by atoms with van der Waals surface area (Å²) >= 11 is 0. The molecule has 0 atom stereocenters. The number of carboxylic acids is 1. The molecule has 0 unspecified atom stereocenters. The van der Waals surface area contributed by atoms with Gasteiger partial charge in [-0.2, -0.15) is 0 Å². The SMILES string of the molecule is O=C(O)C1CCN(C(=O)NCCc2ccccc2OC(F)(F)F)CC1. The topological polar surface area (TPSA) is 78.9 Å². The Labute approximate surface area is 142 Å². The van der Waals surface area contributed by atoms with Gasteiger partial charge in [0.15, 0.2) is 0 Å². The first-order chi connectivity index (χ1) is 11.8. The summed E-state index contributed by atoms with van der Waals surface area (Å²) in [6.07, 6.45) is -3.80. The molecule has 1 saturated heterocycles. The number of hydrogen-bond donors (Lipinski definition) is 2. The number of carbonyl (C=O) groups is 2. The first-order valence-corrected chi connectivity index (χ1v) is 7.85. The van der Waals surface area contributed by atoms with E-state index < -0.39 is 18.2 Å². The van der Waals surface area contributed by atoms with Crippen molar-refractivity contribution in [3.05, 3.63) is 29.8 Å². The van der Waals surface area contributed by atoms with Crippen LogP contribution in [0.3, 0.4) is 0 Å². The largest absolute Gasteiger partial charge is 0.573 e. The molecule has 1 heterocycles. The van der Waals surface area contributed by atoms with Crippen molar-refractivity contribution in [3.8, 4) is 5.75 Å². The number of carbonyl (C=O) groups excluding carboxylic acids is 1. The minimum atomic E-state index is -4.77. The average Bonchev–Trinajstić information content (AvgIpc) is 2.55. The summed E-state index contributed by atoms with van der Waals surface area (Å²) in [5.74, 6) is -1.58. The van der Waals surface area contributed by atoms with E-state index in [1.807, 2.05) is 0 Å². The molecule has 1 aliphatic rings. The van der Waals surface area contributed by atoms with E-state index in [1.165, 1.54) is 23.1 Å². The van der Waals surface area contributed by atoms with Crippen LogP contribution in [-0.2, 0) is 11.2 Å². The minimum absolute atomic E-state index is 0.149. The van der Waals surface area contributed by atoms with Gasteiger partial charge in [0.2, 0.25) is 0 Å². The zero-order chi connectivity index (χ0) is 18.4. The first-order valence-electron chi connectivity index (χ1n) is 7.85. The lowest BCUT2D eigenvalue weighted by Gasteiger charge is -2.30. The second-order valence-corrected chi connectivity index (χ2v) is 5.74. The van der Waals surface area contributed by atoms with E-state index in [9.17, 15) is 22.8 Å². The molecule has 0 aromatic heterocycles. The van der Waals surface area contributed by atoms with Crippen molar-refractivity contribution in [2.75, 3.05) is 19.6 Å². The molecule has 1 aromatic rings. The van der Waals surface area contributed by atoms with Crippen molar-refractivity contribution in [2.45, 2.75) is 25.6 Å². The third kappa shape index (κ3) is 5.84. The maximum atomic E-state index is 12.4. The van der Waals surface area contributed by atoms with Crippen molar-refractivity contribution in [2.24, 2.45) is 5.92 Å². The van der Waals surface area contributed by atoms with Crippen LogP contribution >= 0.6 is 0 Å². The van der Waals surface area contributed by atoms with Gasteiger partial charge in [0, 0.05) is 19.6 Å². The van der Waals surface area contributed by atoms with E-state index >= 15 is 0 Å². The number of benzene rings is 1. The number of nitrogens with zero attached hydrogens (tertiary/aromatic N) is 1. The lowest BCUT2D eigenvalue weighted by molar-refractivity contribution is -0.274. The highest BCUT2D eigenvalue weighted by atomic mass is 19.4. The number of nitrogens with one attached hydrogen (secondary N) is 1. The van der Waals surface area contributed by atoms with Gasteiger partial charge < -0.3 is 20.1 Å². The molecule has 1 aliphatic heterocycles. The Hall–Kier alpha value is -2.45. The lowest BCUT2D eigenvalue weighted by Crippen LogP contribution is -2.45. The summed E-state index contributed by atoms with van der Waals surface area (Å²) in [4.78, 5) is 24.4. The predicted octanol–water partition coefficient (Wildman–Crippen LogP) is 2.63. The van der Waals surface area contributed by atoms with Crippen molar-refractivity contribution >= 4 is 12.0 Å². The number of urea groups is 1. The molecule has 138 valence electrons. The summed E-state index contributed by atoms with van der Waals surface area (Å²) in [7, 11) is 0. The molecular weight excluding hydrogens is 341 g/mol. The summed E-state index contributed by atoms with van der Waals surface area (Å²) in [5, 5.41) is 11.6. The van der Waals surface area contributed by atoms with E-state index in [4.69, 9.17) is 5.11 Å². The number of aliphatic carboxylic acids is 1. The highest BCUT2D eigenvalue weighted by molar-refractivity contribution is 5.75. The molecule has 2 amide bonds. The molecule has 1 fully saturated rings. The Morgan fingerprint density at radius 2 is 1.88 bits per heavy atom. The zero-order valence-electron chi connectivity index (χ0n) is 13.4. The number of rotatable bonds is 5. The van der Waals surface area contributed by atoms with E-state index in [1.54, 1.807) is 6.07 Å². The maximum Gasteiger partial charge on any atom is 0.573 e. The van der Waals surface area contributed by atoms with Crippen LogP contribution in [0.25, 0.3) is 0 Å². The van der Waals surface area contributed by atoms with Crippen molar-refractivity contribution in [1.82, 2.24) is 10.2 Å². The fourth-order valence-corrected chi connectivity index (χ4v) is 2.68. The van der Waals surface area contributed by atoms with E-state index in [0.717, 1.165) is 0 Å². The van der Waals surface area contributed by atoms with Crippen LogP contribution in [0, 0.1) is 5.92 Å². The zero-order valence-corrected chi connectivity index (χ0v) is 13.4. The number of ether oxygens (including phenoxy) is 1. The maximum absolute atomic E-state index is 12.4. The molecule has 25 heavy (non-hydrogen) atoms. The summed E-state index contributed by atoms with van der Waals surface area (Å²) < 4.78 is 41.0. The summed E-state index contributed by atoms with van der Waals surface area (Å²) in [6, 6.07) is 5.41. The molecule has 0 spiro atoms. The molecule has 1 aromatic carbocycles. The van der Waals surface area contributed by atoms with Gasteiger partial charge in [0.1, 0.15) is 5.75 Å². The quantitative estimate of drug-likeness (QED) is 0.846. The Morgan fingerprint density at radius 3 is 2.48 bits per heavy atom. The van der Waals surface area contributed by atoms with Crippen LogP contribution in [-0.4, -0.2) is 48.0 Å². The monoisotopic (exact) mass is 360 g/mol. The smallest absolute Gasteiger partial charge is 0.481 e. The van der Waals surface area contributed by atoms with Crippen LogP contribution in [0.1, 0.15) is 18.4 Å². The molecular formula is C16H19F3N2O4. The fourth-order valence-electron chi connectivity index (χ4n) is 2.68. The van der Waals surface area contributed by atoms with Gasteiger partial charge in [-0.05, 0) is 30.9 Å². The number of likely N-dealkylation sites (tertiary alicyclic amines) is 1. The normalized spacial score (nSPS) is 15.7. The summed E-state index contributed by atoms with van der Waals surface area (Å²) in [6.45, 7) is 0.836. The number of para-hydroxylation sites is 1. The molecule has 0 aliphatic carbocycles. The first kappa shape index (κ1) is 18.9. The van der Waals surface area contributed by atoms with Crippen molar-refractivity contribution in [3.63, 3.8) is 0 Å². The lowest BCUT2D eigenvalue weighted by atomic mass is 9.97. The molecule has 6 nitrogen and oxygen atoms in total.